The molecule has 0 aliphatic carbocycles. The number of aliphatic imine (C=N–C) groups is 1. The Morgan fingerprint density at radius 3 is 1.90 bits per heavy atom. The Bertz CT molecular complexity index is 1070. The maximum absolute atomic E-state index is 11.2. The number of amidine groups is 1. The van der Waals surface area contributed by atoms with Gasteiger partial charge in [-0.1, -0.05) is 13.2 Å². The summed E-state index contributed by atoms with van der Waals surface area (Å²) in [6.07, 6.45) is 6.41. The van der Waals surface area contributed by atoms with E-state index in [1.54, 1.807) is 22.1 Å². The number of aliphatic hydroxyl groups is 4. The van der Waals surface area contributed by atoms with Crippen molar-refractivity contribution in [3.05, 3.63) is 49.4 Å². The van der Waals surface area contributed by atoms with Gasteiger partial charge in [-0.25, -0.2) is 4.99 Å². The van der Waals surface area contributed by atoms with Crippen LogP contribution in [0.15, 0.2) is 54.3 Å². The number of ether oxygens (including phenoxy) is 2. The normalized spacial score (nSPS) is 37.4. The largest absolute Gasteiger partial charge is 0.393 e. The Hall–Kier alpha value is -1.46. The van der Waals surface area contributed by atoms with E-state index >= 15 is 0 Å². The number of aliphatic hydroxyl groups excluding tert-OH is 4. The summed E-state index contributed by atoms with van der Waals surface area (Å²) in [5.41, 5.74) is 3.38. The van der Waals surface area contributed by atoms with Crippen molar-refractivity contribution in [2.45, 2.75) is 46.6 Å². The van der Waals surface area contributed by atoms with Crippen LogP contribution >= 0.6 is 46.7 Å². The van der Waals surface area contributed by atoms with Crippen LogP contribution in [-0.4, -0.2) is 126 Å². The lowest BCUT2D eigenvalue weighted by atomic mass is 10.00. The molecule has 0 radical (unpaired) electrons. The summed E-state index contributed by atoms with van der Waals surface area (Å²) >= 11 is 15.4. The van der Waals surface area contributed by atoms with E-state index in [0.717, 1.165) is 0 Å². The van der Waals surface area contributed by atoms with E-state index in [1.165, 1.54) is 35.8 Å². The highest BCUT2D eigenvalue weighted by Gasteiger charge is 2.56. The highest BCUT2D eigenvalue weighted by atomic mass is 35.5. The van der Waals surface area contributed by atoms with Gasteiger partial charge in [0, 0.05) is 30.0 Å². The Morgan fingerprint density at radius 2 is 1.48 bits per heavy atom. The number of alkyl halides is 2. The first kappa shape index (κ1) is 33.0. The number of nitrogens with one attached hydrogen (secondary N) is 1. The van der Waals surface area contributed by atoms with E-state index in [4.69, 9.17) is 38.4 Å². The average Bonchev–Trinajstić information content (AvgIpc) is 3.31. The molecule has 40 heavy (non-hydrogen) atoms. The van der Waals surface area contributed by atoms with Crippen LogP contribution in [0.4, 0.5) is 0 Å². The van der Waals surface area contributed by atoms with Crippen molar-refractivity contribution in [1.29, 1.82) is 0 Å². The molecule has 4 aliphatic heterocycles. The van der Waals surface area contributed by atoms with Gasteiger partial charge in [0.1, 0.15) is 51.6 Å². The van der Waals surface area contributed by atoms with E-state index in [9.17, 15) is 25.2 Å². The Kier molecular flexibility index (Phi) is 11.3. The zero-order valence-electron chi connectivity index (χ0n) is 22.0. The van der Waals surface area contributed by atoms with Gasteiger partial charge in [-0.2, -0.15) is 23.5 Å². The predicted molar refractivity (Wildman–Crippen MR) is 157 cm³/mol. The lowest BCUT2D eigenvalue weighted by molar-refractivity contribution is -0.125. The van der Waals surface area contributed by atoms with Crippen LogP contribution in [0.5, 0.6) is 0 Å². The molecular formula is C24H35Cl2N5O7S2. The Morgan fingerprint density at radius 1 is 1.00 bits per heavy atom. The molecule has 0 aromatic heterocycles. The van der Waals surface area contributed by atoms with Crippen molar-refractivity contribution < 1.29 is 34.7 Å². The van der Waals surface area contributed by atoms with Crippen LogP contribution < -0.4 is 11.1 Å². The number of amides is 1. The lowest BCUT2D eigenvalue weighted by Gasteiger charge is -2.34. The first-order valence-corrected chi connectivity index (χ1v) is 15.7. The third kappa shape index (κ3) is 6.46. The highest BCUT2D eigenvalue weighted by Crippen LogP contribution is 2.40. The molecule has 4 aliphatic rings. The van der Waals surface area contributed by atoms with Crippen LogP contribution in [0.1, 0.15) is 0 Å². The number of hydrogen-bond acceptors (Lipinski definition) is 13. The summed E-state index contributed by atoms with van der Waals surface area (Å²) in [4.78, 5) is 18.4. The SMILES string of the molecule is C=C1N=C(N)C=CN1[C@@H]1O[C@@](CO)(CSC)[C@@H](O)[C@H]1Cl.C=C1NC(=O)C=CN1[C@@H]1O[C@@](CO)(CSC)[C@@H](O)[C@H]1Cl. The average molecular weight is 641 g/mol. The van der Waals surface area contributed by atoms with Gasteiger partial charge in [-0.3, -0.25) is 4.79 Å². The van der Waals surface area contributed by atoms with E-state index < -0.39 is 46.6 Å². The second-order valence-corrected chi connectivity index (χ2v) is 12.2. The molecule has 1 amide bonds. The zero-order valence-corrected chi connectivity index (χ0v) is 25.2. The van der Waals surface area contributed by atoms with E-state index in [-0.39, 0.29) is 19.1 Å². The molecule has 0 aromatic rings. The number of carbonyl (C=O) groups is 1. The molecule has 224 valence electrons. The van der Waals surface area contributed by atoms with Crippen molar-refractivity contribution in [2.24, 2.45) is 10.7 Å². The smallest absolute Gasteiger partial charge is 0.250 e. The lowest BCUT2D eigenvalue weighted by Crippen LogP contribution is -2.47. The van der Waals surface area contributed by atoms with Crippen LogP contribution in [0.2, 0.25) is 0 Å². The third-order valence-electron chi connectivity index (χ3n) is 6.73. The van der Waals surface area contributed by atoms with Gasteiger partial charge >= 0.3 is 0 Å². The molecule has 16 heteroatoms. The van der Waals surface area contributed by atoms with Crippen molar-refractivity contribution in [2.75, 3.05) is 37.2 Å². The van der Waals surface area contributed by atoms with Gasteiger partial charge in [-0.15, -0.1) is 23.2 Å². The summed E-state index contributed by atoms with van der Waals surface area (Å²) in [5.74, 6) is 1.59. The zero-order chi connectivity index (χ0) is 29.8. The summed E-state index contributed by atoms with van der Waals surface area (Å²) in [5, 5.41) is 40.8. The van der Waals surface area contributed by atoms with Crippen LogP contribution in [-0.2, 0) is 14.3 Å². The topological polar surface area (TPSA) is 173 Å². The van der Waals surface area contributed by atoms with E-state index in [1.807, 2.05) is 12.5 Å². The maximum atomic E-state index is 11.2. The van der Waals surface area contributed by atoms with Gasteiger partial charge in [0.15, 0.2) is 12.5 Å². The quantitative estimate of drug-likeness (QED) is 0.195. The molecule has 2 fully saturated rings. The van der Waals surface area contributed by atoms with Crippen molar-refractivity contribution in [1.82, 2.24) is 15.1 Å². The minimum absolute atomic E-state index is 0.284. The number of halogens is 2. The summed E-state index contributed by atoms with van der Waals surface area (Å²) in [7, 11) is 0. The third-order valence-corrected chi connectivity index (χ3v) is 9.19. The van der Waals surface area contributed by atoms with Crippen molar-refractivity contribution in [3.8, 4) is 0 Å². The van der Waals surface area contributed by atoms with Crippen LogP contribution in [0.25, 0.3) is 0 Å². The molecule has 0 aromatic carbocycles. The fourth-order valence-electron chi connectivity index (χ4n) is 4.59. The van der Waals surface area contributed by atoms with Gasteiger partial charge in [0.25, 0.3) is 5.91 Å². The van der Waals surface area contributed by atoms with E-state index in [0.29, 0.717) is 29.0 Å². The molecule has 0 unspecified atom stereocenters. The highest BCUT2D eigenvalue weighted by molar-refractivity contribution is 7.98. The molecule has 0 spiro atoms. The number of nitrogens with zero attached hydrogens (tertiary/aromatic N) is 3. The molecule has 12 nitrogen and oxygen atoms in total. The summed E-state index contributed by atoms with van der Waals surface area (Å²) in [6.45, 7) is 6.86. The molecule has 0 saturated carbocycles. The Labute approximate surface area is 251 Å². The molecule has 0 bridgehead atoms. The molecule has 4 heterocycles. The second-order valence-electron chi connectivity index (χ2n) is 9.44. The minimum atomic E-state index is -1.12. The number of nitrogens with two attached hydrogens (primary N) is 1. The van der Waals surface area contributed by atoms with Crippen LogP contribution in [0, 0.1) is 0 Å². The number of thioether (sulfide) groups is 2. The molecular weight excluding hydrogens is 605 g/mol. The first-order valence-electron chi connectivity index (χ1n) is 12.1. The van der Waals surface area contributed by atoms with Gasteiger partial charge in [0.2, 0.25) is 0 Å². The summed E-state index contributed by atoms with van der Waals surface area (Å²) in [6, 6.07) is 0. The fourth-order valence-corrected chi connectivity index (χ4v) is 7.03. The van der Waals surface area contributed by atoms with Gasteiger partial charge in [-0.05, 0) is 18.6 Å². The minimum Gasteiger partial charge on any atom is -0.393 e. The fraction of sp³-hybridized carbons (Fsp3) is 0.583. The molecule has 8 atom stereocenters. The van der Waals surface area contributed by atoms with Crippen LogP contribution in [0.3, 0.4) is 0 Å². The van der Waals surface area contributed by atoms with E-state index in [2.05, 4.69) is 23.5 Å². The standard InChI is InChI=1S/C12H18ClN3O3S.C12H17ClN2O4S/c1-7-15-8(14)3-4-16(7)11-9(13)10(18)12(5-17,19-11)6-20-2;1-7-14-8(17)3-4-15(7)11-9(13)10(18)12(5-16,19-11)6-20-2/h3-4,9-11,17-18H,1,5-6H2,2H3,(H2,14,15);3-4,9-11,16,18H,1,5-6H2,2H3,(H,14,17)/t2*9-,10+,11-,12+/m11/s1. The monoisotopic (exact) mass is 639 g/mol. The van der Waals surface area contributed by atoms with Crippen molar-refractivity contribution in [3.63, 3.8) is 0 Å². The van der Waals surface area contributed by atoms with Gasteiger partial charge in [0.05, 0.1) is 13.2 Å². The first-order chi connectivity index (χ1) is 18.9. The summed E-state index contributed by atoms with van der Waals surface area (Å²) < 4.78 is 11.7. The molecule has 2 saturated heterocycles. The van der Waals surface area contributed by atoms with Gasteiger partial charge < -0.3 is 50.8 Å². The number of carbonyl (C=O) groups excluding carboxylic acids is 1. The number of hydrogen-bond donors (Lipinski definition) is 6. The maximum Gasteiger partial charge on any atom is 0.250 e. The van der Waals surface area contributed by atoms with Crippen molar-refractivity contribution >= 4 is 58.5 Å². The Balaban J connectivity index is 0.000000220. The second kappa shape index (κ2) is 13.7. The molecule has 4 rings (SSSR count). The molecule has 7 N–H and O–H groups in total. The predicted octanol–water partition coefficient (Wildman–Crippen LogP) is -0.115. The number of rotatable bonds is 8.